The number of aliphatic carboxylic acids is 1. The highest BCUT2D eigenvalue weighted by Crippen LogP contribution is 2.11. The fraction of sp³-hybridized carbons (Fsp3) is 0.200. The molecule has 0 heterocycles. The molecule has 1 rings (SSSR count). The van der Waals surface area contributed by atoms with E-state index in [-0.39, 0.29) is 13.0 Å². The van der Waals surface area contributed by atoms with Crippen molar-refractivity contribution in [3.05, 3.63) is 29.8 Å². The van der Waals surface area contributed by atoms with Crippen LogP contribution in [0.3, 0.4) is 0 Å². The fourth-order valence-corrected chi connectivity index (χ4v) is 0.882. The van der Waals surface area contributed by atoms with E-state index in [4.69, 9.17) is 15.1 Å². The highest BCUT2D eigenvalue weighted by molar-refractivity contribution is 5.66. The van der Waals surface area contributed by atoms with Gasteiger partial charge in [-0.25, -0.2) is 0 Å². The predicted molar refractivity (Wildman–Crippen MR) is 48.9 cm³/mol. The molecule has 4 nitrogen and oxygen atoms in total. The topological polar surface area (TPSA) is 70.3 Å². The molecule has 0 bridgehead atoms. The average molecular weight is 191 g/mol. The second-order valence-electron chi connectivity index (χ2n) is 2.63. The monoisotopic (exact) mass is 191 g/mol. The summed E-state index contributed by atoms with van der Waals surface area (Å²) < 4.78 is 5.13. The minimum atomic E-state index is -0.890. The largest absolute Gasteiger partial charge is 0.493 e. The van der Waals surface area contributed by atoms with Crippen LogP contribution in [0.1, 0.15) is 12.0 Å². The van der Waals surface area contributed by atoms with Crippen molar-refractivity contribution in [1.82, 2.24) is 0 Å². The van der Waals surface area contributed by atoms with Crippen LogP contribution in [0.15, 0.2) is 24.3 Å². The van der Waals surface area contributed by atoms with E-state index >= 15 is 0 Å². The molecule has 0 atom stereocenters. The number of rotatable bonds is 4. The minimum Gasteiger partial charge on any atom is -0.493 e. The van der Waals surface area contributed by atoms with Crippen molar-refractivity contribution in [2.75, 3.05) is 6.61 Å². The van der Waals surface area contributed by atoms with Gasteiger partial charge in [-0.15, -0.1) is 0 Å². The summed E-state index contributed by atoms with van der Waals surface area (Å²) in [5.41, 5.74) is 0.551. The summed E-state index contributed by atoms with van der Waals surface area (Å²) in [6.07, 6.45) is -0.0278. The Kier molecular flexibility index (Phi) is 3.50. The van der Waals surface area contributed by atoms with Crippen LogP contribution in [0, 0.1) is 11.3 Å². The van der Waals surface area contributed by atoms with Gasteiger partial charge in [0.1, 0.15) is 5.75 Å². The van der Waals surface area contributed by atoms with Crippen molar-refractivity contribution in [3.8, 4) is 11.8 Å². The Hall–Kier alpha value is -2.02. The van der Waals surface area contributed by atoms with Crippen molar-refractivity contribution < 1.29 is 14.6 Å². The zero-order chi connectivity index (χ0) is 10.4. The molecular formula is C10H9NO3. The third-order valence-corrected chi connectivity index (χ3v) is 1.57. The minimum absolute atomic E-state index is 0.0278. The number of hydrogen-bond acceptors (Lipinski definition) is 3. The van der Waals surface area contributed by atoms with Crippen LogP contribution in [0.25, 0.3) is 0 Å². The van der Waals surface area contributed by atoms with Gasteiger partial charge in [-0.2, -0.15) is 5.26 Å². The summed E-state index contributed by atoms with van der Waals surface area (Å²) in [6, 6.07) is 8.50. The van der Waals surface area contributed by atoms with Gasteiger partial charge in [0.15, 0.2) is 0 Å². The number of ether oxygens (including phenoxy) is 1. The van der Waals surface area contributed by atoms with E-state index in [1.807, 2.05) is 6.07 Å². The summed E-state index contributed by atoms with van der Waals surface area (Å²) in [5.74, 6) is -0.316. The van der Waals surface area contributed by atoms with Gasteiger partial charge in [0.05, 0.1) is 24.7 Å². The molecule has 0 aliphatic rings. The van der Waals surface area contributed by atoms with Crippen LogP contribution in [-0.2, 0) is 4.79 Å². The number of nitriles is 1. The van der Waals surface area contributed by atoms with Crippen molar-refractivity contribution in [2.24, 2.45) is 0 Å². The van der Waals surface area contributed by atoms with Gasteiger partial charge in [0.25, 0.3) is 0 Å². The summed E-state index contributed by atoms with van der Waals surface area (Å²) in [7, 11) is 0. The van der Waals surface area contributed by atoms with Gasteiger partial charge in [-0.1, -0.05) is 0 Å². The van der Waals surface area contributed by atoms with Crippen LogP contribution in [-0.4, -0.2) is 17.7 Å². The van der Waals surface area contributed by atoms with Crippen LogP contribution in [0.5, 0.6) is 5.75 Å². The smallest absolute Gasteiger partial charge is 0.306 e. The average Bonchev–Trinajstić information content (AvgIpc) is 2.18. The zero-order valence-corrected chi connectivity index (χ0v) is 7.43. The molecule has 4 heteroatoms. The Labute approximate surface area is 81.4 Å². The van der Waals surface area contributed by atoms with E-state index < -0.39 is 5.97 Å². The number of carbonyl (C=O) groups is 1. The number of carboxylic acids is 1. The number of benzene rings is 1. The maximum absolute atomic E-state index is 10.2. The van der Waals surface area contributed by atoms with Gasteiger partial charge in [0, 0.05) is 0 Å². The van der Waals surface area contributed by atoms with Crippen molar-refractivity contribution >= 4 is 5.97 Å². The Balaban J connectivity index is 2.45. The number of hydrogen-bond donors (Lipinski definition) is 1. The zero-order valence-electron chi connectivity index (χ0n) is 7.43. The van der Waals surface area contributed by atoms with Gasteiger partial charge in [0.2, 0.25) is 0 Å². The van der Waals surface area contributed by atoms with Gasteiger partial charge in [-0.05, 0) is 24.3 Å². The molecule has 0 unspecified atom stereocenters. The highest BCUT2D eigenvalue weighted by Gasteiger charge is 1.98. The van der Waals surface area contributed by atoms with Crippen LogP contribution in [0.2, 0.25) is 0 Å². The van der Waals surface area contributed by atoms with E-state index in [0.717, 1.165) is 0 Å². The molecule has 0 radical (unpaired) electrons. The van der Waals surface area contributed by atoms with E-state index in [1.54, 1.807) is 24.3 Å². The maximum Gasteiger partial charge on any atom is 0.306 e. The van der Waals surface area contributed by atoms with Crippen LogP contribution < -0.4 is 4.74 Å². The molecule has 1 aromatic carbocycles. The Morgan fingerprint density at radius 1 is 1.43 bits per heavy atom. The van der Waals surface area contributed by atoms with E-state index in [2.05, 4.69) is 0 Å². The lowest BCUT2D eigenvalue weighted by Gasteiger charge is -2.03. The SMILES string of the molecule is N#Cc1ccc(OCCC(=O)O)cc1. The van der Waals surface area contributed by atoms with Gasteiger partial charge in [-0.3, -0.25) is 4.79 Å². The third-order valence-electron chi connectivity index (χ3n) is 1.57. The van der Waals surface area contributed by atoms with Crippen LogP contribution in [0.4, 0.5) is 0 Å². The van der Waals surface area contributed by atoms with Gasteiger partial charge < -0.3 is 9.84 Å². The second-order valence-corrected chi connectivity index (χ2v) is 2.63. The molecule has 0 aromatic heterocycles. The van der Waals surface area contributed by atoms with Gasteiger partial charge >= 0.3 is 5.97 Å². The summed E-state index contributed by atoms with van der Waals surface area (Å²) >= 11 is 0. The standard InChI is InChI=1S/C10H9NO3/c11-7-8-1-3-9(4-2-8)14-6-5-10(12)13/h1-4H,5-6H2,(H,12,13). The first-order valence-electron chi connectivity index (χ1n) is 4.07. The van der Waals surface area contributed by atoms with Crippen LogP contribution >= 0.6 is 0 Å². The molecule has 1 N–H and O–H groups in total. The third kappa shape index (κ3) is 3.15. The molecule has 0 saturated carbocycles. The first kappa shape index (κ1) is 10.1. The molecule has 72 valence electrons. The molecule has 14 heavy (non-hydrogen) atoms. The number of carboxylic acid groups (broad SMARTS) is 1. The molecular weight excluding hydrogens is 182 g/mol. The molecule has 0 aliphatic carbocycles. The van der Waals surface area contributed by atoms with E-state index in [9.17, 15) is 4.79 Å². The molecule has 0 fully saturated rings. The van der Waals surface area contributed by atoms with Crippen molar-refractivity contribution in [3.63, 3.8) is 0 Å². The van der Waals surface area contributed by atoms with E-state index in [0.29, 0.717) is 11.3 Å². The predicted octanol–water partition coefficient (Wildman–Crippen LogP) is 1.41. The van der Waals surface area contributed by atoms with Crippen molar-refractivity contribution in [1.29, 1.82) is 5.26 Å². The molecule has 0 aliphatic heterocycles. The maximum atomic E-state index is 10.2. The van der Waals surface area contributed by atoms with E-state index in [1.165, 1.54) is 0 Å². The lowest BCUT2D eigenvalue weighted by Crippen LogP contribution is -2.04. The summed E-state index contributed by atoms with van der Waals surface area (Å²) in [5, 5.41) is 16.9. The molecule has 0 saturated heterocycles. The highest BCUT2D eigenvalue weighted by atomic mass is 16.5. The lowest BCUT2D eigenvalue weighted by atomic mass is 10.2. The quantitative estimate of drug-likeness (QED) is 0.781. The first-order valence-corrected chi connectivity index (χ1v) is 4.07. The molecule has 0 amide bonds. The Bertz CT molecular complexity index is 351. The Morgan fingerprint density at radius 2 is 2.07 bits per heavy atom. The first-order chi connectivity index (χ1) is 6.72. The molecule has 0 spiro atoms. The molecule has 1 aromatic rings. The summed E-state index contributed by atoms with van der Waals surface area (Å²) in [4.78, 5) is 10.2. The fourth-order valence-electron chi connectivity index (χ4n) is 0.882. The lowest BCUT2D eigenvalue weighted by molar-refractivity contribution is -0.137. The summed E-state index contributed by atoms with van der Waals surface area (Å²) in [6.45, 7) is 0.140. The second kappa shape index (κ2) is 4.87. The normalized spacial score (nSPS) is 9.07. The Morgan fingerprint density at radius 3 is 2.57 bits per heavy atom. The number of nitrogens with zero attached hydrogens (tertiary/aromatic N) is 1. The van der Waals surface area contributed by atoms with Crippen molar-refractivity contribution in [2.45, 2.75) is 6.42 Å².